The Morgan fingerprint density at radius 1 is 1.35 bits per heavy atom. The van der Waals surface area contributed by atoms with Crippen LogP contribution in [0.15, 0.2) is 0 Å². The number of aliphatic carboxylic acids is 1. The van der Waals surface area contributed by atoms with E-state index in [1.54, 1.807) is 27.7 Å². The van der Waals surface area contributed by atoms with Gasteiger partial charge in [0.15, 0.2) is 0 Å². The lowest BCUT2D eigenvalue weighted by atomic mass is 9.99. The number of rotatable bonds is 3. The molecule has 1 heterocycles. The van der Waals surface area contributed by atoms with E-state index in [9.17, 15) is 13.2 Å². The largest absolute Gasteiger partial charge is 0.481 e. The molecule has 7 heteroatoms. The Morgan fingerprint density at radius 3 is 2.24 bits per heavy atom. The van der Waals surface area contributed by atoms with Gasteiger partial charge < -0.3 is 5.11 Å². The highest BCUT2D eigenvalue weighted by Gasteiger charge is 2.41. The minimum Gasteiger partial charge on any atom is -0.481 e. The molecule has 0 saturated carbocycles. The molecule has 17 heavy (non-hydrogen) atoms. The SMILES string of the molecule is C[C@@H]1CN(S(=O)(=O)NC(C)(C)C)C[C@H]1C(=O)O. The van der Waals surface area contributed by atoms with Gasteiger partial charge in [-0.05, 0) is 26.7 Å². The molecule has 0 bridgehead atoms. The molecule has 1 saturated heterocycles. The zero-order valence-corrected chi connectivity index (χ0v) is 11.4. The Morgan fingerprint density at radius 2 is 1.88 bits per heavy atom. The van der Waals surface area contributed by atoms with Crippen LogP contribution < -0.4 is 4.72 Å². The van der Waals surface area contributed by atoms with E-state index in [1.807, 2.05) is 0 Å². The number of hydrogen-bond acceptors (Lipinski definition) is 3. The third kappa shape index (κ3) is 3.65. The second-order valence-corrected chi connectivity index (χ2v) is 7.27. The van der Waals surface area contributed by atoms with Gasteiger partial charge in [-0.2, -0.15) is 17.4 Å². The van der Waals surface area contributed by atoms with E-state index in [-0.39, 0.29) is 19.0 Å². The molecule has 0 spiro atoms. The van der Waals surface area contributed by atoms with Gasteiger partial charge in [0.05, 0.1) is 5.92 Å². The first-order chi connectivity index (χ1) is 7.53. The monoisotopic (exact) mass is 264 g/mol. The van der Waals surface area contributed by atoms with Gasteiger partial charge in [-0.3, -0.25) is 4.79 Å². The summed E-state index contributed by atoms with van der Waals surface area (Å²) in [5.41, 5.74) is -0.566. The highest BCUT2D eigenvalue weighted by molar-refractivity contribution is 7.87. The fourth-order valence-electron chi connectivity index (χ4n) is 1.89. The maximum atomic E-state index is 12.0. The van der Waals surface area contributed by atoms with Crippen molar-refractivity contribution in [2.75, 3.05) is 13.1 Å². The average molecular weight is 264 g/mol. The van der Waals surface area contributed by atoms with Crippen molar-refractivity contribution >= 4 is 16.2 Å². The van der Waals surface area contributed by atoms with E-state index in [1.165, 1.54) is 4.31 Å². The molecule has 0 amide bonds. The summed E-state index contributed by atoms with van der Waals surface area (Å²) in [7, 11) is -3.60. The van der Waals surface area contributed by atoms with E-state index >= 15 is 0 Å². The number of carbonyl (C=O) groups is 1. The van der Waals surface area contributed by atoms with Crippen LogP contribution in [0.1, 0.15) is 27.7 Å². The van der Waals surface area contributed by atoms with Crippen molar-refractivity contribution in [1.29, 1.82) is 0 Å². The van der Waals surface area contributed by atoms with Gasteiger partial charge in [0, 0.05) is 18.6 Å². The van der Waals surface area contributed by atoms with Crippen molar-refractivity contribution in [1.82, 2.24) is 9.03 Å². The van der Waals surface area contributed by atoms with Gasteiger partial charge >= 0.3 is 5.97 Å². The van der Waals surface area contributed by atoms with Gasteiger partial charge in [-0.1, -0.05) is 6.92 Å². The topological polar surface area (TPSA) is 86.7 Å². The van der Waals surface area contributed by atoms with Gasteiger partial charge in [0.25, 0.3) is 10.2 Å². The molecule has 2 N–H and O–H groups in total. The van der Waals surface area contributed by atoms with Crippen molar-refractivity contribution < 1.29 is 18.3 Å². The van der Waals surface area contributed by atoms with Crippen LogP contribution in [0.25, 0.3) is 0 Å². The quantitative estimate of drug-likeness (QED) is 0.766. The Kier molecular flexibility index (Phi) is 3.85. The smallest absolute Gasteiger partial charge is 0.308 e. The Balaban J connectivity index is 2.80. The minimum atomic E-state index is -3.60. The van der Waals surface area contributed by atoms with Crippen LogP contribution in [0.3, 0.4) is 0 Å². The summed E-state index contributed by atoms with van der Waals surface area (Å²) >= 11 is 0. The molecule has 1 aliphatic rings. The Labute approximate surface area is 102 Å². The van der Waals surface area contributed by atoms with Gasteiger partial charge in [-0.25, -0.2) is 0 Å². The summed E-state index contributed by atoms with van der Waals surface area (Å²) < 4.78 is 27.7. The molecule has 0 aromatic carbocycles. The molecule has 1 fully saturated rings. The first kappa shape index (κ1) is 14.4. The number of carboxylic acid groups (broad SMARTS) is 1. The summed E-state index contributed by atoms with van der Waals surface area (Å²) in [5, 5.41) is 8.96. The van der Waals surface area contributed by atoms with Gasteiger partial charge in [-0.15, -0.1) is 0 Å². The summed E-state index contributed by atoms with van der Waals surface area (Å²) in [6.45, 7) is 7.30. The third-order valence-electron chi connectivity index (χ3n) is 2.67. The highest BCUT2D eigenvalue weighted by atomic mass is 32.2. The molecule has 1 rings (SSSR count). The standard InChI is InChI=1S/C10H20N2O4S/c1-7-5-12(6-8(7)9(13)14)17(15,16)11-10(2,3)4/h7-8,11H,5-6H2,1-4H3,(H,13,14)/t7-,8-/m1/s1. The van der Waals surface area contributed by atoms with Gasteiger partial charge in [0.2, 0.25) is 0 Å². The molecule has 1 aliphatic heterocycles. The summed E-state index contributed by atoms with van der Waals surface area (Å²) in [5.74, 6) is -1.72. The lowest BCUT2D eigenvalue weighted by Gasteiger charge is -2.25. The van der Waals surface area contributed by atoms with E-state index in [4.69, 9.17) is 5.11 Å². The van der Waals surface area contributed by atoms with Crippen LogP contribution >= 0.6 is 0 Å². The fourth-order valence-corrected chi connectivity index (χ4v) is 3.58. The van der Waals surface area contributed by atoms with Crippen LogP contribution in [-0.4, -0.2) is 42.4 Å². The second-order valence-electron chi connectivity index (χ2n) is 5.60. The molecule has 0 aromatic heterocycles. The van der Waals surface area contributed by atoms with E-state index < -0.39 is 27.6 Å². The number of carboxylic acids is 1. The van der Waals surface area contributed by atoms with Crippen LogP contribution in [-0.2, 0) is 15.0 Å². The predicted molar refractivity (Wildman–Crippen MR) is 63.7 cm³/mol. The average Bonchev–Trinajstić information content (AvgIpc) is 2.43. The molecule has 0 unspecified atom stereocenters. The lowest BCUT2D eigenvalue weighted by Crippen LogP contribution is -2.48. The van der Waals surface area contributed by atoms with E-state index in [0.717, 1.165) is 0 Å². The molecule has 2 atom stereocenters. The number of nitrogens with one attached hydrogen (secondary N) is 1. The molecular weight excluding hydrogens is 244 g/mol. The lowest BCUT2D eigenvalue weighted by molar-refractivity contribution is -0.142. The normalized spacial score (nSPS) is 27.3. The maximum Gasteiger partial charge on any atom is 0.308 e. The van der Waals surface area contributed by atoms with Crippen molar-refractivity contribution in [2.45, 2.75) is 33.2 Å². The Hall–Kier alpha value is -0.660. The molecule has 0 aliphatic carbocycles. The zero-order valence-electron chi connectivity index (χ0n) is 10.6. The maximum absolute atomic E-state index is 12.0. The van der Waals surface area contributed by atoms with Crippen LogP contribution in [0.5, 0.6) is 0 Å². The first-order valence-electron chi connectivity index (χ1n) is 5.55. The van der Waals surface area contributed by atoms with Crippen LogP contribution in [0.2, 0.25) is 0 Å². The minimum absolute atomic E-state index is 0.0436. The van der Waals surface area contributed by atoms with Crippen LogP contribution in [0.4, 0.5) is 0 Å². The Bertz CT molecular complexity index is 399. The van der Waals surface area contributed by atoms with Crippen LogP contribution in [0, 0.1) is 11.8 Å². The predicted octanol–water partition coefficient (Wildman–Crippen LogP) is 0.272. The van der Waals surface area contributed by atoms with Crippen molar-refractivity contribution in [3.05, 3.63) is 0 Å². The molecule has 6 nitrogen and oxygen atoms in total. The van der Waals surface area contributed by atoms with Crippen molar-refractivity contribution in [2.24, 2.45) is 11.8 Å². The van der Waals surface area contributed by atoms with Crippen molar-refractivity contribution in [3.63, 3.8) is 0 Å². The van der Waals surface area contributed by atoms with E-state index in [0.29, 0.717) is 0 Å². The molecule has 0 radical (unpaired) electrons. The highest BCUT2D eigenvalue weighted by Crippen LogP contribution is 2.25. The first-order valence-corrected chi connectivity index (χ1v) is 6.99. The molecular formula is C10H20N2O4S. The summed E-state index contributed by atoms with van der Waals surface area (Å²) in [6, 6.07) is 0. The van der Waals surface area contributed by atoms with Crippen molar-refractivity contribution in [3.8, 4) is 0 Å². The van der Waals surface area contributed by atoms with E-state index in [2.05, 4.69) is 4.72 Å². The second kappa shape index (κ2) is 4.55. The zero-order chi connectivity index (χ0) is 13.4. The fraction of sp³-hybridized carbons (Fsp3) is 0.900. The number of nitrogens with zero attached hydrogens (tertiary/aromatic N) is 1. The summed E-state index contributed by atoms with van der Waals surface area (Å²) in [4.78, 5) is 10.9. The molecule has 0 aromatic rings. The number of hydrogen-bond donors (Lipinski definition) is 2. The summed E-state index contributed by atoms with van der Waals surface area (Å²) in [6.07, 6.45) is 0. The third-order valence-corrected chi connectivity index (χ3v) is 4.52. The van der Waals surface area contributed by atoms with Gasteiger partial charge in [0.1, 0.15) is 0 Å². The molecule has 100 valence electrons.